The molecule has 5 rings (SSSR count). The molecule has 30 heavy (non-hydrogen) atoms. The van der Waals surface area contributed by atoms with Crippen LogP contribution in [0.15, 0.2) is 30.5 Å². The number of aryl methyl sites for hydroxylation is 1. The largest absolute Gasteiger partial charge is 0.328 e. The molecule has 4 heterocycles. The Bertz CT molecular complexity index is 1070. The van der Waals surface area contributed by atoms with Gasteiger partial charge in [0.2, 0.25) is 0 Å². The third-order valence-corrected chi connectivity index (χ3v) is 6.26. The summed E-state index contributed by atoms with van der Waals surface area (Å²) in [6.07, 6.45) is 7.89. The van der Waals surface area contributed by atoms with Crippen LogP contribution >= 0.6 is 0 Å². The van der Waals surface area contributed by atoms with Gasteiger partial charge < -0.3 is 9.47 Å². The zero-order chi connectivity index (χ0) is 20.7. The number of fused-ring (bicyclic) bond motifs is 1. The number of carbonyl (C=O) groups is 1. The van der Waals surface area contributed by atoms with Crippen LogP contribution in [-0.2, 0) is 13.0 Å². The number of hydrogen-bond donors (Lipinski definition) is 0. The van der Waals surface area contributed by atoms with Crippen molar-refractivity contribution >= 4 is 5.91 Å². The first-order chi connectivity index (χ1) is 14.6. The van der Waals surface area contributed by atoms with Gasteiger partial charge in [-0.15, -0.1) is 10.2 Å². The quantitative estimate of drug-likeness (QED) is 0.664. The summed E-state index contributed by atoms with van der Waals surface area (Å²) in [5, 5.41) is 13.3. The van der Waals surface area contributed by atoms with Gasteiger partial charge in [-0.25, -0.2) is 9.07 Å². The first-order valence-corrected chi connectivity index (χ1v) is 10.7. The van der Waals surface area contributed by atoms with E-state index in [4.69, 9.17) is 0 Å². The minimum atomic E-state index is -0.299. The summed E-state index contributed by atoms with van der Waals surface area (Å²) in [7, 11) is 0. The van der Waals surface area contributed by atoms with Gasteiger partial charge in [-0.2, -0.15) is 5.10 Å². The van der Waals surface area contributed by atoms with Crippen molar-refractivity contribution in [3.8, 4) is 5.69 Å². The normalized spacial score (nSPS) is 19.0. The molecule has 7 nitrogen and oxygen atoms in total. The molecule has 1 aromatic carbocycles. The molecule has 0 spiro atoms. The molecule has 2 aliphatic heterocycles. The van der Waals surface area contributed by atoms with Crippen molar-refractivity contribution in [3.63, 3.8) is 0 Å². The summed E-state index contributed by atoms with van der Waals surface area (Å²) in [5.41, 5.74) is 2.05. The maximum Gasteiger partial charge on any atom is 0.257 e. The van der Waals surface area contributed by atoms with Gasteiger partial charge in [0, 0.05) is 19.5 Å². The molecule has 1 saturated heterocycles. The molecule has 8 heteroatoms. The summed E-state index contributed by atoms with van der Waals surface area (Å²) in [6, 6.07) is 6.06. The fraction of sp³-hybridized carbons (Fsp3) is 0.455. The van der Waals surface area contributed by atoms with Gasteiger partial charge in [0.05, 0.1) is 29.2 Å². The Kier molecular flexibility index (Phi) is 4.84. The standard InChI is InChI=1S/C22H25FN6O/c1-15-18(14-24-29(15)17-10-8-16(23)9-11-17)22(30)27-13-5-6-19(27)21-26-25-20-7-3-2-4-12-28(20)21/h8-11,14,19H,2-7,12-13H2,1H3/t19-/m1/s1. The first kappa shape index (κ1) is 19.0. The van der Waals surface area contributed by atoms with E-state index in [0.717, 1.165) is 61.7 Å². The average Bonchev–Trinajstić information content (AvgIpc) is 3.43. The van der Waals surface area contributed by atoms with E-state index in [1.54, 1.807) is 23.0 Å². The Morgan fingerprint density at radius 3 is 2.73 bits per heavy atom. The Balaban J connectivity index is 1.44. The Morgan fingerprint density at radius 1 is 1.07 bits per heavy atom. The zero-order valence-electron chi connectivity index (χ0n) is 17.1. The van der Waals surface area contributed by atoms with Crippen LogP contribution in [0, 0.1) is 12.7 Å². The molecule has 2 aromatic heterocycles. The smallest absolute Gasteiger partial charge is 0.257 e. The van der Waals surface area contributed by atoms with Gasteiger partial charge in [0.15, 0.2) is 5.82 Å². The molecule has 0 saturated carbocycles. The first-order valence-electron chi connectivity index (χ1n) is 10.7. The second kappa shape index (κ2) is 7.66. The van der Waals surface area contributed by atoms with Crippen molar-refractivity contribution in [2.45, 2.75) is 58.0 Å². The lowest BCUT2D eigenvalue weighted by Crippen LogP contribution is -2.32. The Morgan fingerprint density at radius 2 is 1.90 bits per heavy atom. The second-order valence-electron chi connectivity index (χ2n) is 8.13. The molecule has 0 aliphatic carbocycles. The van der Waals surface area contributed by atoms with E-state index >= 15 is 0 Å². The molecular weight excluding hydrogens is 383 g/mol. The lowest BCUT2D eigenvalue weighted by Gasteiger charge is -2.24. The predicted molar refractivity (Wildman–Crippen MR) is 109 cm³/mol. The number of aromatic nitrogens is 5. The number of halogens is 1. The molecule has 2 aliphatic rings. The third kappa shape index (κ3) is 3.20. The van der Waals surface area contributed by atoms with Crippen LogP contribution in [0.25, 0.3) is 5.69 Å². The molecule has 3 aromatic rings. The van der Waals surface area contributed by atoms with Crippen LogP contribution < -0.4 is 0 Å². The highest BCUT2D eigenvalue weighted by molar-refractivity contribution is 5.95. The van der Waals surface area contributed by atoms with E-state index in [9.17, 15) is 9.18 Å². The van der Waals surface area contributed by atoms with Crippen LogP contribution in [0.3, 0.4) is 0 Å². The summed E-state index contributed by atoms with van der Waals surface area (Å²) >= 11 is 0. The van der Waals surface area contributed by atoms with E-state index in [2.05, 4.69) is 19.9 Å². The van der Waals surface area contributed by atoms with Crippen molar-refractivity contribution in [1.29, 1.82) is 0 Å². The molecule has 0 N–H and O–H groups in total. The summed E-state index contributed by atoms with van der Waals surface area (Å²) in [4.78, 5) is 15.4. The van der Waals surface area contributed by atoms with Gasteiger partial charge in [0.1, 0.15) is 11.6 Å². The van der Waals surface area contributed by atoms with Gasteiger partial charge in [0.25, 0.3) is 5.91 Å². The molecular formula is C22H25FN6O. The molecule has 0 radical (unpaired) electrons. The number of hydrogen-bond acceptors (Lipinski definition) is 4. The second-order valence-corrected chi connectivity index (χ2v) is 8.13. The predicted octanol–water partition coefficient (Wildman–Crippen LogP) is 3.62. The minimum Gasteiger partial charge on any atom is -0.328 e. The number of likely N-dealkylation sites (tertiary alicyclic amines) is 1. The molecule has 1 amide bonds. The van der Waals surface area contributed by atoms with Crippen LogP contribution in [0.2, 0.25) is 0 Å². The Hall–Kier alpha value is -3.03. The van der Waals surface area contributed by atoms with Gasteiger partial charge in [-0.05, 0) is 56.9 Å². The number of benzene rings is 1. The fourth-order valence-corrected chi connectivity index (χ4v) is 4.65. The van der Waals surface area contributed by atoms with Gasteiger partial charge in [-0.1, -0.05) is 6.42 Å². The van der Waals surface area contributed by atoms with E-state index in [0.29, 0.717) is 12.1 Å². The number of carbonyl (C=O) groups excluding carboxylic acids is 1. The molecule has 0 unspecified atom stereocenters. The maximum absolute atomic E-state index is 13.5. The lowest BCUT2D eigenvalue weighted by molar-refractivity contribution is 0.0726. The van der Waals surface area contributed by atoms with Crippen LogP contribution in [0.4, 0.5) is 4.39 Å². The summed E-state index contributed by atoms with van der Waals surface area (Å²) < 4.78 is 17.2. The van der Waals surface area contributed by atoms with Crippen molar-refractivity contribution in [1.82, 2.24) is 29.4 Å². The van der Waals surface area contributed by atoms with Crippen LogP contribution in [0.5, 0.6) is 0 Å². The fourth-order valence-electron chi connectivity index (χ4n) is 4.65. The monoisotopic (exact) mass is 408 g/mol. The highest BCUT2D eigenvalue weighted by atomic mass is 19.1. The van der Waals surface area contributed by atoms with Gasteiger partial charge >= 0.3 is 0 Å². The van der Waals surface area contributed by atoms with Gasteiger partial charge in [-0.3, -0.25) is 4.79 Å². The summed E-state index contributed by atoms with van der Waals surface area (Å²) in [6.45, 7) is 3.50. The number of rotatable bonds is 3. The highest BCUT2D eigenvalue weighted by Gasteiger charge is 2.36. The summed E-state index contributed by atoms with van der Waals surface area (Å²) in [5.74, 6) is 1.63. The van der Waals surface area contributed by atoms with Crippen molar-refractivity contribution in [3.05, 3.63) is 59.2 Å². The van der Waals surface area contributed by atoms with E-state index in [-0.39, 0.29) is 17.8 Å². The topological polar surface area (TPSA) is 68.8 Å². The SMILES string of the molecule is Cc1c(C(=O)N2CCC[C@@H]2c2nnc3n2CCCCC3)cnn1-c1ccc(F)cc1. The zero-order valence-corrected chi connectivity index (χ0v) is 17.1. The Labute approximate surface area is 174 Å². The third-order valence-electron chi connectivity index (χ3n) is 6.26. The highest BCUT2D eigenvalue weighted by Crippen LogP contribution is 2.34. The molecule has 1 fully saturated rings. The van der Waals surface area contributed by atoms with Crippen molar-refractivity contribution < 1.29 is 9.18 Å². The van der Waals surface area contributed by atoms with Crippen LogP contribution in [-0.4, -0.2) is 41.9 Å². The molecule has 1 atom stereocenters. The minimum absolute atomic E-state index is 0.0330. The molecule has 0 bridgehead atoms. The van der Waals surface area contributed by atoms with E-state index in [1.807, 2.05) is 11.8 Å². The number of nitrogens with zero attached hydrogens (tertiary/aromatic N) is 6. The maximum atomic E-state index is 13.5. The van der Waals surface area contributed by atoms with Crippen molar-refractivity contribution in [2.24, 2.45) is 0 Å². The van der Waals surface area contributed by atoms with E-state index in [1.165, 1.54) is 18.6 Å². The van der Waals surface area contributed by atoms with E-state index < -0.39 is 0 Å². The van der Waals surface area contributed by atoms with Crippen LogP contribution in [0.1, 0.15) is 65.8 Å². The average molecular weight is 408 g/mol. The van der Waals surface area contributed by atoms with Crippen molar-refractivity contribution in [2.75, 3.05) is 6.54 Å². The lowest BCUT2D eigenvalue weighted by atomic mass is 10.1. The molecule has 156 valence electrons. The number of amides is 1.